The van der Waals surface area contributed by atoms with Gasteiger partial charge in [-0.15, -0.1) is 0 Å². The van der Waals surface area contributed by atoms with Crippen LogP contribution < -0.4 is 0 Å². The summed E-state index contributed by atoms with van der Waals surface area (Å²) in [6, 6.07) is 9.65. The van der Waals surface area contributed by atoms with Crippen molar-refractivity contribution < 1.29 is 9.53 Å². The van der Waals surface area contributed by atoms with Crippen LogP contribution in [0.4, 0.5) is 0 Å². The third-order valence-electron chi connectivity index (χ3n) is 6.57. The molecule has 124 valence electrons. The Balaban J connectivity index is 1.89. The van der Waals surface area contributed by atoms with Crippen LogP contribution in [0.2, 0.25) is 0 Å². The first-order valence-corrected chi connectivity index (χ1v) is 8.57. The molecule has 2 saturated carbocycles. The number of esters is 1. The molecule has 3 heteroatoms. The highest BCUT2D eigenvalue weighted by Gasteiger charge is 2.59. The lowest BCUT2D eigenvalue weighted by molar-refractivity contribution is -0.142. The maximum Gasteiger partial charge on any atom is 0.330 e. The molecule has 23 heavy (non-hydrogen) atoms. The van der Waals surface area contributed by atoms with E-state index in [-0.39, 0.29) is 16.8 Å². The summed E-state index contributed by atoms with van der Waals surface area (Å²) in [6.07, 6.45) is 4.11. The Morgan fingerprint density at radius 3 is 2.52 bits per heavy atom. The second-order valence-corrected chi connectivity index (χ2v) is 7.80. The molecule has 2 aliphatic rings. The van der Waals surface area contributed by atoms with E-state index in [9.17, 15) is 4.79 Å². The van der Waals surface area contributed by atoms with Crippen LogP contribution in [0.3, 0.4) is 0 Å². The third kappa shape index (κ3) is 2.60. The summed E-state index contributed by atoms with van der Waals surface area (Å²) < 4.78 is 5.01. The molecule has 0 spiro atoms. The highest BCUT2D eigenvalue weighted by molar-refractivity contribution is 5.96. The molecule has 0 radical (unpaired) electrons. The van der Waals surface area contributed by atoms with Crippen molar-refractivity contribution in [2.45, 2.75) is 52.5 Å². The van der Waals surface area contributed by atoms with Gasteiger partial charge in [0.05, 0.1) is 7.11 Å². The number of carbonyl (C=O) groups is 1. The van der Waals surface area contributed by atoms with E-state index < -0.39 is 6.04 Å². The highest BCUT2D eigenvalue weighted by atomic mass is 16.5. The standard InChI is InChI=1S/C20H27NO2/c1-19(2)15-10-11-20(19,3)17(13-15)21-16(18(22)23-4)12-14-8-6-5-7-9-14/h5-9,15-16H,10-13H2,1-4H3/t15-,16-,20+/m1/s1. The van der Waals surface area contributed by atoms with Crippen LogP contribution in [0.15, 0.2) is 35.3 Å². The first kappa shape index (κ1) is 16.2. The van der Waals surface area contributed by atoms with Crippen LogP contribution in [-0.2, 0) is 16.0 Å². The molecule has 2 aliphatic carbocycles. The predicted octanol–water partition coefficient (Wildman–Crippen LogP) is 4.06. The Hall–Kier alpha value is -1.64. The molecular formula is C20H27NO2. The van der Waals surface area contributed by atoms with E-state index in [4.69, 9.17) is 9.73 Å². The van der Waals surface area contributed by atoms with Crippen LogP contribution >= 0.6 is 0 Å². The minimum Gasteiger partial charge on any atom is -0.467 e. The molecule has 3 atom stereocenters. The van der Waals surface area contributed by atoms with Crippen molar-refractivity contribution >= 4 is 11.7 Å². The molecule has 0 aromatic heterocycles. The predicted molar refractivity (Wildman–Crippen MR) is 92.6 cm³/mol. The fourth-order valence-corrected chi connectivity index (χ4v) is 4.47. The lowest BCUT2D eigenvalue weighted by Gasteiger charge is -2.35. The lowest BCUT2D eigenvalue weighted by atomic mass is 9.70. The molecule has 3 rings (SSSR count). The number of benzene rings is 1. The van der Waals surface area contributed by atoms with Gasteiger partial charge in [0.2, 0.25) is 0 Å². The summed E-state index contributed by atoms with van der Waals surface area (Å²) in [5.41, 5.74) is 2.75. The molecule has 0 amide bonds. The minimum absolute atomic E-state index is 0.126. The summed E-state index contributed by atoms with van der Waals surface area (Å²) in [4.78, 5) is 17.2. The molecule has 0 unspecified atom stereocenters. The number of methoxy groups -OCH3 is 1. The maximum atomic E-state index is 12.2. The normalized spacial score (nSPS) is 31.3. The van der Waals surface area contributed by atoms with E-state index in [0.29, 0.717) is 12.3 Å². The Morgan fingerprint density at radius 2 is 2.00 bits per heavy atom. The number of carbonyl (C=O) groups excluding carboxylic acids is 1. The fraction of sp³-hybridized carbons (Fsp3) is 0.600. The maximum absolute atomic E-state index is 12.2. The smallest absolute Gasteiger partial charge is 0.330 e. The van der Waals surface area contributed by atoms with Crippen molar-refractivity contribution in [1.29, 1.82) is 0 Å². The monoisotopic (exact) mass is 313 g/mol. The summed E-state index contributed by atoms with van der Waals surface area (Å²) in [7, 11) is 1.45. The average Bonchev–Trinajstić information content (AvgIpc) is 2.88. The topological polar surface area (TPSA) is 38.7 Å². The van der Waals surface area contributed by atoms with Gasteiger partial charge in [-0.2, -0.15) is 0 Å². The van der Waals surface area contributed by atoms with E-state index in [1.807, 2.05) is 30.3 Å². The third-order valence-corrected chi connectivity index (χ3v) is 6.57. The van der Waals surface area contributed by atoms with Gasteiger partial charge in [-0.1, -0.05) is 51.1 Å². The fourth-order valence-electron chi connectivity index (χ4n) is 4.47. The quantitative estimate of drug-likeness (QED) is 0.786. The second-order valence-electron chi connectivity index (χ2n) is 7.80. The molecule has 0 aliphatic heterocycles. The number of nitrogens with zero attached hydrogens (tertiary/aromatic N) is 1. The number of hydrogen-bond donors (Lipinski definition) is 0. The van der Waals surface area contributed by atoms with Gasteiger partial charge in [0.15, 0.2) is 6.04 Å². The summed E-state index contributed by atoms with van der Waals surface area (Å²) in [5.74, 6) is 0.465. The van der Waals surface area contributed by atoms with E-state index in [1.165, 1.54) is 25.7 Å². The van der Waals surface area contributed by atoms with Crippen molar-refractivity contribution in [3.05, 3.63) is 35.9 Å². The van der Waals surface area contributed by atoms with Crippen molar-refractivity contribution in [2.75, 3.05) is 7.11 Å². The first-order valence-electron chi connectivity index (χ1n) is 8.57. The Bertz CT molecular complexity index is 620. The lowest BCUT2D eigenvalue weighted by Crippen LogP contribution is -2.34. The summed E-state index contributed by atoms with van der Waals surface area (Å²) >= 11 is 0. The van der Waals surface area contributed by atoms with Gasteiger partial charge in [0.1, 0.15) is 0 Å². The molecule has 0 N–H and O–H groups in total. The molecule has 2 bridgehead atoms. The highest BCUT2D eigenvalue weighted by Crippen LogP contribution is 2.64. The van der Waals surface area contributed by atoms with Crippen LogP contribution in [0, 0.1) is 16.7 Å². The van der Waals surface area contributed by atoms with E-state index in [0.717, 1.165) is 12.0 Å². The molecule has 1 aromatic rings. The van der Waals surface area contributed by atoms with Gasteiger partial charge in [0.25, 0.3) is 0 Å². The summed E-state index contributed by atoms with van der Waals surface area (Å²) in [5, 5.41) is 0. The second kappa shape index (κ2) is 5.77. The number of fused-ring (bicyclic) bond motifs is 2. The van der Waals surface area contributed by atoms with E-state index >= 15 is 0 Å². The first-order chi connectivity index (χ1) is 10.9. The Morgan fingerprint density at radius 1 is 1.30 bits per heavy atom. The average molecular weight is 313 g/mol. The zero-order valence-corrected chi connectivity index (χ0v) is 14.6. The SMILES string of the molecule is COC(=O)[C@@H](Cc1ccccc1)N=C1C[C@H]2CC[C@]1(C)C2(C)C. The Kier molecular flexibility index (Phi) is 4.07. The van der Waals surface area contributed by atoms with Crippen LogP contribution in [0.5, 0.6) is 0 Å². The zero-order chi connectivity index (χ0) is 16.7. The van der Waals surface area contributed by atoms with Crippen molar-refractivity contribution in [3.63, 3.8) is 0 Å². The van der Waals surface area contributed by atoms with E-state index in [1.54, 1.807) is 0 Å². The van der Waals surface area contributed by atoms with Crippen molar-refractivity contribution in [3.8, 4) is 0 Å². The van der Waals surface area contributed by atoms with Crippen LogP contribution in [-0.4, -0.2) is 24.8 Å². The van der Waals surface area contributed by atoms with Crippen LogP contribution in [0.25, 0.3) is 0 Å². The molecule has 1 aromatic carbocycles. The summed E-state index contributed by atoms with van der Waals surface area (Å²) in [6.45, 7) is 7.05. The van der Waals surface area contributed by atoms with E-state index in [2.05, 4.69) is 20.8 Å². The zero-order valence-electron chi connectivity index (χ0n) is 14.6. The number of rotatable bonds is 4. The molecule has 0 heterocycles. The molecule has 0 saturated heterocycles. The van der Waals surface area contributed by atoms with Crippen molar-refractivity contribution in [2.24, 2.45) is 21.7 Å². The number of hydrogen-bond acceptors (Lipinski definition) is 3. The minimum atomic E-state index is -0.427. The largest absolute Gasteiger partial charge is 0.467 e. The van der Waals surface area contributed by atoms with Gasteiger partial charge in [-0.3, -0.25) is 4.99 Å². The van der Waals surface area contributed by atoms with Gasteiger partial charge < -0.3 is 4.74 Å². The van der Waals surface area contributed by atoms with Crippen molar-refractivity contribution in [1.82, 2.24) is 0 Å². The van der Waals surface area contributed by atoms with Crippen LogP contribution in [0.1, 0.15) is 45.6 Å². The number of ether oxygens (including phenoxy) is 1. The van der Waals surface area contributed by atoms with Gasteiger partial charge >= 0.3 is 5.97 Å². The number of aliphatic imine (C=N–C) groups is 1. The van der Waals surface area contributed by atoms with Gasteiger partial charge in [-0.05, 0) is 36.2 Å². The van der Waals surface area contributed by atoms with Gasteiger partial charge in [0, 0.05) is 17.5 Å². The molecule has 3 nitrogen and oxygen atoms in total. The molecular weight excluding hydrogens is 286 g/mol. The Labute approximate surface area is 139 Å². The molecule has 2 fully saturated rings. The van der Waals surface area contributed by atoms with Gasteiger partial charge in [-0.25, -0.2) is 4.79 Å².